The molecule has 28 heavy (non-hydrogen) atoms. The van der Waals surface area contributed by atoms with Gasteiger partial charge in [0.2, 0.25) is 0 Å². The Bertz CT molecular complexity index is 962. The molecule has 3 aromatic carbocycles. The molecule has 0 radical (unpaired) electrons. The topological polar surface area (TPSA) is 58.6 Å². The molecule has 144 valence electrons. The highest BCUT2D eigenvalue weighted by Gasteiger charge is 2.27. The van der Waals surface area contributed by atoms with Crippen LogP contribution in [0.15, 0.2) is 66.7 Å². The average Bonchev–Trinajstić information content (AvgIpc) is 3.14. The maximum absolute atomic E-state index is 11.0. The molecule has 1 aliphatic carbocycles. The van der Waals surface area contributed by atoms with Crippen molar-refractivity contribution in [2.24, 2.45) is 0 Å². The van der Waals surface area contributed by atoms with E-state index >= 15 is 0 Å². The van der Waals surface area contributed by atoms with Gasteiger partial charge in [-0.05, 0) is 66.8 Å². The van der Waals surface area contributed by atoms with E-state index in [9.17, 15) is 4.79 Å². The van der Waals surface area contributed by atoms with Gasteiger partial charge >= 0.3 is 5.97 Å². The SMILES string of the molecule is CC(NC1CCC(Oc2ccc(C(=O)O)cc2)C1)c1cccc2ccccc12. The number of benzene rings is 3. The molecular weight excluding hydrogens is 350 g/mol. The summed E-state index contributed by atoms with van der Waals surface area (Å²) in [6, 6.07) is 22.3. The van der Waals surface area contributed by atoms with Crippen LogP contribution in [0.1, 0.15) is 48.1 Å². The number of nitrogens with one attached hydrogen (secondary N) is 1. The first-order chi connectivity index (χ1) is 13.6. The Kier molecular flexibility index (Phi) is 5.31. The van der Waals surface area contributed by atoms with Gasteiger partial charge in [0.1, 0.15) is 11.9 Å². The van der Waals surface area contributed by atoms with Gasteiger partial charge in [-0.15, -0.1) is 0 Å². The second-order valence-electron chi connectivity index (χ2n) is 7.54. The highest BCUT2D eigenvalue weighted by atomic mass is 16.5. The van der Waals surface area contributed by atoms with Crippen molar-refractivity contribution in [1.82, 2.24) is 5.32 Å². The van der Waals surface area contributed by atoms with Gasteiger partial charge in [-0.1, -0.05) is 42.5 Å². The van der Waals surface area contributed by atoms with Gasteiger partial charge < -0.3 is 15.2 Å². The summed E-state index contributed by atoms with van der Waals surface area (Å²) in [5.41, 5.74) is 1.61. The maximum Gasteiger partial charge on any atom is 0.335 e. The maximum atomic E-state index is 11.0. The zero-order chi connectivity index (χ0) is 19.5. The van der Waals surface area contributed by atoms with Crippen molar-refractivity contribution < 1.29 is 14.6 Å². The number of ether oxygens (including phenoxy) is 1. The van der Waals surface area contributed by atoms with Crippen LogP contribution in [0.2, 0.25) is 0 Å². The van der Waals surface area contributed by atoms with E-state index in [0.717, 1.165) is 25.0 Å². The highest BCUT2D eigenvalue weighted by molar-refractivity contribution is 5.87. The van der Waals surface area contributed by atoms with E-state index in [4.69, 9.17) is 9.84 Å². The molecule has 0 saturated heterocycles. The third-order valence-corrected chi connectivity index (χ3v) is 5.56. The fourth-order valence-electron chi connectivity index (χ4n) is 4.14. The van der Waals surface area contributed by atoms with Crippen molar-refractivity contribution in [3.63, 3.8) is 0 Å². The summed E-state index contributed by atoms with van der Waals surface area (Å²) < 4.78 is 6.06. The fraction of sp³-hybridized carbons (Fsp3) is 0.292. The minimum atomic E-state index is -0.917. The lowest BCUT2D eigenvalue weighted by Crippen LogP contribution is -2.30. The molecule has 0 bridgehead atoms. The summed E-state index contributed by atoms with van der Waals surface area (Å²) >= 11 is 0. The Labute approximate surface area is 165 Å². The zero-order valence-electron chi connectivity index (χ0n) is 16.0. The minimum absolute atomic E-state index is 0.160. The summed E-state index contributed by atoms with van der Waals surface area (Å²) in [6.45, 7) is 2.22. The van der Waals surface area contributed by atoms with Crippen LogP contribution in [-0.2, 0) is 0 Å². The van der Waals surface area contributed by atoms with Crippen molar-refractivity contribution in [1.29, 1.82) is 0 Å². The molecule has 4 nitrogen and oxygen atoms in total. The van der Waals surface area contributed by atoms with Crippen molar-refractivity contribution in [3.05, 3.63) is 77.9 Å². The largest absolute Gasteiger partial charge is 0.490 e. The summed E-state index contributed by atoms with van der Waals surface area (Å²) in [5, 5.41) is 15.3. The Morgan fingerprint density at radius 1 is 1.04 bits per heavy atom. The first-order valence-corrected chi connectivity index (χ1v) is 9.84. The molecule has 1 aliphatic rings. The molecule has 3 unspecified atom stereocenters. The zero-order valence-corrected chi connectivity index (χ0v) is 16.0. The van der Waals surface area contributed by atoms with Crippen LogP contribution in [0.25, 0.3) is 10.8 Å². The number of carbonyl (C=O) groups is 1. The lowest BCUT2D eigenvalue weighted by molar-refractivity contribution is 0.0697. The van der Waals surface area contributed by atoms with Gasteiger partial charge in [0.25, 0.3) is 0 Å². The van der Waals surface area contributed by atoms with Gasteiger partial charge in [0, 0.05) is 12.1 Å². The van der Waals surface area contributed by atoms with Gasteiger partial charge in [0.15, 0.2) is 0 Å². The molecule has 1 saturated carbocycles. The number of rotatable bonds is 6. The first kappa shape index (κ1) is 18.5. The second-order valence-corrected chi connectivity index (χ2v) is 7.54. The van der Waals surface area contributed by atoms with E-state index in [1.165, 1.54) is 16.3 Å². The van der Waals surface area contributed by atoms with Gasteiger partial charge in [-0.3, -0.25) is 0 Å². The van der Waals surface area contributed by atoms with Crippen LogP contribution >= 0.6 is 0 Å². The number of fused-ring (bicyclic) bond motifs is 1. The minimum Gasteiger partial charge on any atom is -0.490 e. The smallest absolute Gasteiger partial charge is 0.335 e. The van der Waals surface area contributed by atoms with Gasteiger partial charge in [-0.2, -0.15) is 0 Å². The number of carboxylic acid groups (broad SMARTS) is 1. The van der Waals surface area contributed by atoms with E-state index < -0.39 is 5.97 Å². The van der Waals surface area contributed by atoms with E-state index in [1.54, 1.807) is 24.3 Å². The molecule has 2 N–H and O–H groups in total. The second kappa shape index (κ2) is 8.03. The lowest BCUT2D eigenvalue weighted by Gasteiger charge is -2.21. The Morgan fingerprint density at radius 3 is 2.57 bits per heavy atom. The molecule has 4 heteroatoms. The van der Waals surface area contributed by atoms with E-state index in [2.05, 4.69) is 54.7 Å². The molecule has 4 rings (SSSR count). The molecule has 3 atom stereocenters. The van der Waals surface area contributed by atoms with E-state index in [-0.39, 0.29) is 17.7 Å². The number of hydrogen-bond acceptors (Lipinski definition) is 3. The molecule has 0 aliphatic heterocycles. The van der Waals surface area contributed by atoms with Gasteiger partial charge in [-0.25, -0.2) is 4.79 Å². The summed E-state index contributed by atoms with van der Waals surface area (Å²) in [6.07, 6.45) is 3.19. The summed E-state index contributed by atoms with van der Waals surface area (Å²) in [5.74, 6) is -0.183. The van der Waals surface area contributed by atoms with Crippen LogP contribution in [-0.4, -0.2) is 23.2 Å². The van der Waals surface area contributed by atoms with Crippen LogP contribution in [0, 0.1) is 0 Å². The highest BCUT2D eigenvalue weighted by Crippen LogP contribution is 2.29. The monoisotopic (exact) mass is 375 g/mol. The van der Waals surface area contributed by atoms with Crippen LogP contribution in [0.4, 0.5) is 0 Å². The van der Waals surface area contributed by atoms with Crippen molar-refractivity contribution >= 4 is 16.7 Å². The standard InChI is InChI=1S/C24H25NO3/c1-16(22-8-4-6-17-5-2-3-7-23(17)22)25-19-11-14-21(15-19)28-20-12-9-18(10-13-20)24(26)27/h2-10,12-13,16,19,21,25H,11,14-15H2,1H3,(H,26,27). The van der Waals surface area contributed by atoms with Crippen molar-refractivity contribution in [2.45, 2.75) is 44.4 Å². The Balaban J connectivity index is 1.37. The summed E-state index contributed by atoms with van der Waals surface area (Å²) in [7, 11) is 0. The van der Waals surface area contributed by atoms with Crippen LogP contribution in [0.3, 0.4) is 0 Å². The third kappa shape index (κ3) is 4.02. The normalized spacial score (nSPS) is 20.2. The van der Waals surface area contributed by atoms with Crippen LogP contribution in [0.5, 0.6) is 5.75 Å². The number of hydrogen-bond donors (Lipinski definition) is 2. The lowest BCUT2D eigenvalue weighted by atomic mass is 9.99. The predicted molar refractivity (Wildman–Crippen MR) is 111 cm³/mol. The first-order valence-electron chi connectivity index (χ1n) is 9.84. The molecule has 1 fully saturated rings. The molecule has 0 aromatic heterocycles. The molecule has 3 aromatic rings. The van der Waals surface area contributed by atoms with E-state index in [1.807, 2.05) is 0 Å². The molecule has 0 spiro atoms. The quantitative estimate of drug-likeness (QED) is 0.623. The Hall–Kier alpha value is -2.85. The fourth-order valence-corrected chi connectivity index (χ4v) is 4.14. The Morgan fingerprint density at radius 2 is 1.79 bits per heavy atom. The average molecular weight is 375 g/mol. The number of carboxylic acids is 1. The number of aromatic carboxylic acids is 1. The van der Waals surface area contributed by atoms with Crippen molar-refractivity contribution in [2.75, 3.05) is 0 Å². The predicted octanol–water partition coefficient (Wildman–Crippen LogP) is 5.19. The molecular formula is C24H25NO3. The third-order valence-electron chi connectivity index (χ3n) is 5.56. The van der Waals surface area contributed by atoms with Crippen LogP contribution < -0.4 is 10.1 Å². The van der Waals surface area contributed by atoms with Gasteiger partial charge in [0.05, 0.1) is 5.56 Å². The molecule has 0 heterocycles. The van der Waals surface area contributed by atoms with Crippen molar-refractivity contribution in [3.8, 4) is 5.75 Å². The summed E-state index contributed by atoms with van der Waals surface area (Å²) in [4.78, 5) is 11.0. The molecule has 0 amide bonds. The van der Waals surface area contributed by atoms with E-state index in [0.29, 0.717) is 6.04 Å².